The van der Waals surface area contributed by atoms with Crippen LogP contribution in [0.5, 0.6) is 11.5 Å². The number of nitrogens with zero attached hydrogens (tertiary/aromatic N) is 2. The molecule has 0 fully saturated rings. The molecule has 1 aromatic heterocycles. The van der Waals surface area contributed by atoms with E-state index in [2.05, 4.69) is 10.3 Å². The summed E-state index contributed by atoms with van der Waals surface area (Å²) >= 11 is 11.3. The van der Waals surface area contributed by atoms with Crippen molar-refractivity contribution in [1.29, 1.82) is 0 Å². The number of carboxylic acids is 1. The van der Waals surface area contributed by atoms with Crippen molar-refractivity contribution >= 4 is 63.3 Å². The van der Waals surface area contributed by atoms with Crippen molar-refractivity contribution < 1.29 is 24.2 Å². The van der Waals surface area contributed by atoms with Gasteiger partial charge in [0.1, 0.15) is 27.4 Å². The molecule has 2 N–H and O–H groups in total. The van der Waals surface area contributed by atoms with Crippen molar-refractivity contribution in [2.45, 2.75) is 13.0 Å². The van der Waals surface area contributed by atoms with Crippen LogP contribution in [0.4, 0.5) is 5.69 Å². The molecule has 0 unspecified atom stereocenters. The first-order valence-electron chi connectivity index (χ1n) is 10.3. The van der Waals surface area contributed by atoms with E-state index < -0.39 is 21.9 Å². The number of methoxy groups -OCH3 is 2. The fourth-order valence-corrected chi connectivity index (χ4v) is 3.94. The molecule has 11 heteroatoms. The second-order valence-electron chi connectivity index (χ2n) is 7.58. The lowest BCUT2D eigenvalue weighted by atomic mass is 10.1. The smallest absolute Gasteiger partial charge is 0.349 e. The molecule has 1 aliphatic heterocycles. The fourth-order valence-electron chi connectivity index (χ4n) is 3.73. The van der Waals surface area contributed by atoms with Crippen LogP contribution >= 0.6 is 23.2 Å². The molecule has 0 spiro atoms. The first kappa shape index (κ1) is 24.3. The van der Waals surface area contributed by atoms with Gasteiger partial charge < -0.3 is 19.9 Å². The number of fused-ring (bicyclic) bond motifs is 2. The van der Waals surface area contributed by atoms with Crippen molar-refractivity contribution in [3.63, 3.8) is 0 Å². The molecule has 3 aromatic rings. The first-order chi connectivity index (χ1) is 16.7. The Balaban J connectivity index is 1.74. The van der Waals surface area contributed by atoms with Gasteiger partial charge in [-0.3, -0.25) is 14.2 Å². The Labute approximate surface area is 209 Å². The molecule has 0 saturated heterocycles. The van der Waals surface area contributed by atoms with Crippen molar-refractivity contribution in [1.82, 2.24) is 9.55 Å². The summed E-state index contributed by atoms with van der Waals surface area (Å²) in [5.41, 5.74) is 2.11. The number of aromatic nitrogens is 2. The van der Waals surface area contributed by atoms with E-state index in [1.807, 2.05) is 18.2 Å². The van der Waals surface area contributed by atoms with Gasteiger partial charge in [0.05, 0.1) is 25.1 Å². The summed E-state index contributed by atoms with van der Waals surface area (Å²) in [6, 6.07) is 10.0. The van der Waals surface area contributed by atoms with E-state index in [1.54, 1.807) is 30.9 Å². The first-order valence-corrected chi connectivity index (χ1v) is 11.1. The van der Waals surface area contributed by atoms with Gasteiger partial charge in [-0.25, -0.2) is 9.78 Å². The van der Waals surface area contributed by atoms with Gasteiger partial charge in [-0.2, -0.15) is 0 Å². The number of carbonyl (C=O) groups is 2. The summed E-state index contributed by atoms with van der Waals surface area (Å²) in [6.45, 7) is 0.483. The average molecular weight is 516 g/mol. The molecular weight excluding hydrogens is 497 g/mol. The maximum atomic E-state index is 13.1. The van der Waals surface area contributed by atoms with Crippen LogP contribution in [-0.4, -0.2) is 40.8 Å². The van der Waals surface area contributed by atoms with Gasteiger partial charge in [0.25, 0.3) is 11.5 Å². The molecule has 0 aliphatic carbocycles. The Bertz CT molecular complexity index is 1470. The van der Waals surface area contributed by atoms with Crippen LogP contribution in [0.3, 0.4) is 0 Å². The minimum Gasteiger partial charge on any atom is -0.497 e. The second kappa shape index (κ2) is 9.81. The van der Waals surface area contributed by atoms with E-state index >= 15 is 0 Å². The lowest BCUT2D eigenvalue weighted by molar-refractivity contribution is -0.132. The number of hydrogen-bond donors (Lipinski definition) is 2. The highest BCUT2D eigenvalue weighted by molar-refractivity contribution is 6.54. The van der Waals surface area contributed by atoms with Crippen molar-refractivity contribution in [3.05, 3.63) is 68.2 Å². The van der Waals surface area contributed by atoms with E-state index in [4.69, 9.17) is 37.8 Å². The zero-order valence-electron chi connectivity index (χ0n) is 18.6. The van der Waals surface area contributed by atoms with Gasteiger partial charge in [-0.15, -0.1) is 0 Å². The molecular formula is C24H19Cl2N3O6. The summed E-state index contributed by atoms with van der Waals surface area (Å²) in [4.78, 5) is 40.9. The number of carboxylic acid groups (broad SMARTS) is 1. The Kier molecular flexibility index (Phi) is 6.81. The van der Waals surface area contributed by atoms with E-state index in [1.165, 1.54) is 12.1 Å². The number of rotatable bonds is 6. The van der Waals surface area contributed by atoms with Crippen LogP contribution < -0.4 is 20.3 Å². The SMILES string of the molecule is COc1cc(C=C2CCn3c2nc2cc(NC(=O)/C(Cl)=C(/Cl)C(=O)O)ccc2c3=O)cc(OC)c1. The molecule has 0 radical (unpaired) electrons. The van der Waals surface area contributed by atoms with Crippen LogP contribution in [0.25, 0.3) is 22.6 Å². The summed E-state index contributed by atoms with van der Waals surface area (Å²) in [6.07, 6.45) is 2.53. The molecule has 35 heavy (non-hydrogen) atoms. The molecule has 1 amide bonds. The maximum Gasteiger partial charge on any atom is 0.349 e. The zero-order chi connectivity index (χ0) is 25.3. The highest BCUT2D eigenvalue weighted by Crippen LogP contribution is 2.31. The Morgan fingerprint density at radius 2 is 1.77 bits per heavy atom. The number of allylic oxidation sites excluding steroid dienone is 1. The third kappa shape index (κ3) is 4.87. The zero-order valence-corrected chi connectivity index (χ0v) is 20.1. The van der Waals surface area contributed by atoms with Crippen molar-refractivity contribution in [3.8, 4) is 11.5 Å². The Morgan fingerprint density at radius 1 is 1.09 bits per heavy atom. The average Bonchev–Trinajstić information content (AvgIpc) is 3.25. The Morgan fingerprint density at radius 3 is 2.40 bits per heavy atom. The van der Waals surface area contributed by atoms with Crippen LogP contribution in [0.1, 0.15) is 17.8 Å². The van der Waals surface area contributed by atoms with Gasteiger partial charge in [0, 0.05) is 18.3 Å². The fraction of sp³-hybridized carbons (Fsp3) is 0.167. The van der Waals surface area contributed by atoms with Crippen LogP contribution in [-0.2, 0) is 16.1 Å². The van der Waals surface area contributed by atoms with E-state index in [0.717, 1.165) is 11.1 Å². The summed E-state index contributed by atoms with van der Waals surface area (Å²) in [5.74, 6) is -0.643. The third-order valence-corrected chi connectivity index (χ3v) is 6.21. The number of nitrogens with one attached hydrogen (secondary N) is 1. The molecule has 180 valence electrons. The quantitative estimate of drug-likeness (QED) is 0.474. The lowest BCUT2D eigenvalue weighted by Crippen LogP contribution is -2.21. The molecule has 9 nitrogen and oxygen atoms in total. The molecule has 0 saturated carbocycles. The van der Waals surface area contributed by atoms with E-state index in [9.17, 15) is 14.4 Å². The number of benzene rings is 2. The molecule has 2 aromatic carbocycles. The number of carbonyl (C=O) groups excluding carboxylic acids is 1. The predicted molar refractivity (Wildman–Crippen MR) is 133 cm³/mol. The number of amides is 1. The number of aliphatic carboxylic acids is 1. The number of hydrogen-bond acceptors (Lipinski definition) is 6. The maximum absolute atomic E-state index is 13.1. The molecule has 1 aliphatic rings. The topological polar surface area (TPSA) is 120 Å². The standard InChI is InChI=1S/C24H19Cl2N3O6/c1-34-15-8-12(9-16(11-15)35-2)7-13-5-6-29-21(13)28-18-10-14(3-4-17(18)23(29)31)27-22(30)19(25)20(26)24(32)33/h3-4,7-11H,5-6H2,1-2H3,(H,27,30)(H,32,33)/b13-7?,20-19-. The second-order valence-corrected chi connectivity index (χ2v) is 8.33. The third-order valence-electron chi connectivity index (χ3n) is 5.40. The highest BCUT2D eigenvalue weighted by atomic mass is 35.5. The van der Waals surface area contributed by atoms with Gasteiger partial charge in [-0.05, 0) is 54.0 Å². The van der Waals surface area contributed by atoms with Crippen LogP contribution in [0, 0.1) is 0 Å². The molecule has 2 heterocycles. The molecule has 4 rings (SSSR count). The van der Waals surface area contributed by atoms with Gasteiger partial charge in [-0.1, -0.05) is 23.2 Å². The van der Waals surface area contributed by atoms with Crippen molar-refractivity contribution in [2.24, 2.45) is 0 Å². The van der Waals surface area contributed by atoms with Crippen LogP contribution in [0.15, 0.2) is 51.3 Å². The summed E-state index contributed by atoms with van der Waals surface area (Å²) < 4.78 is 12.3. The number of ether oxygens (including phenoxy) is 2. The van der Waals surface area contributed by atoms with Crippen LogP contribution in [0.2, 0.25) is 0 Å². The monoisotopic (exact) mass is 515 g/mol. The molecule has 0 bridgehead atoms. The summed E-state index contributed by atoms with van der Waals surface area (Å²) in [5, 5.41) is 10.3. The number of halogens is 2. The predicted octanol–water partition coefficient (Wildman–Crippen LogP) is 4.07. The minimum absolute atomic E-state index is 0.207. The van der Waals surface area contributed by atoms with Gasteiger partial charge >= 0.3 is 5.97 Å². The van der Waals surface area contributed by atoms with E-state index in [0.29, 0.717) is 41.2 Å². The largest absolute Gasteiger partial charge is 0.497 e. The van der Waals surface area contributed by atoms with Gasteiger partial charge in [0.15, 0.2) is 0 Å². The normalized spacial score (nSPS) is 14.5. The highest BCUT2D eigenvalue weighted by Gasteiger charge is 2.22. The lowest BCUT2D eigenvalue weighted by Gasteiger charge is -2.09. The number of anilines is 1. The van der Waals surface area contributed by atoms with E-state index in [-0.39, 0.29) is 11.2 Å². The summed E-state index contributed by atoms with van der Waals surface area (Å²) in [7, 11) is 3.14. The molecule has 0 atom stereocenters. The van der Waals surface area contributed by atoms with Gasteiger partial charge in [0.2, 0.25) is 0 Å². The van der Waals surface area contributed by atoms with Crippen molar-refractivity contribution in [2.75, 3.05) is 19.5 Å². The Hall–Kier alpha value is -3.82. The minimum atomic E-state index is -1.52.